The minimum absolute atomic E-state index is 0.430. The quantitative estimate of drug-likeness (QED) is 0.830. The number of aryl methyl sites for hydroxylation is 1. The number of hydrogen-bond donors (Lipinski definition) is 1. The highest BCUT2D eigenvalue weighted by Gasteiger charge is 2.27. The summed E-state index contributed by atoms with van der Waals surface area (Å²) in [5.41, 5.74) is 0. The maximum atomic E-state index is 4.36. The van der Waals surface area contributed by atoms with Gasteiger partial charge in [-0.2, -0.15) is 4.80 Å². The van der Waals surface area contributed by atoms with Gasteiger partial charge >= 0.3 is 0 Å². The van der Waals surface area contributed by atoms with Gasteiger partial charge in [0.05, 0.1) is 7.05 Å². The molecule has 0 saturated heterocycles. The van der Waals surface area contributed by atoms with Crippen LogP contribution in [0.3, 0.4) is 0 Å². The Kier molecular flexibility index (Phi) is 3.88. The van der Waals surface area contributed by atoms with Gasteiger partial charge in [0.2, 0.25) is 0 Å². The van der Waals surface area contributed by atoms with Crippen molar-refractivity contribution in [1.82, 2.24) is 25.5 Å². The normalized spacial score (nSPS) is 19.9. The van der Waals surface area contributed by atoms with Gasteiger partial charge in [0.25, 0.3) is 0 Å². The zero-order chi connectivity index (χ0) is 11.4. The van der Waals surface area contributed by atoms with Crippen LogP contribution in [0, 0.1) is 5.92 Å². The Morgan fingerprint density at radius 3 is 2.69 bits per heavy atom. The van der Waals surface area contributed by atoms with Crippen LogP contribution in [0.5, 0.6) is 0 Å². The third kappa shape index (κ3) is 2.58. The topological polar surface area (TPSA) is 55.6 Å². The van der Waals surface area contributed by atoms with E-state index < -0.39 is 0 Å². The number of hydrogen-bond acceptors (Lipinski definition) is 4. The van der Waals surface area contributed by atoms with Crippen molar-refractivity contribution in [3.63, 3.8) is 0 Å². The second-order valence-corrected chi connectivity index (χ2v) is 4.70. The van der Waals surface area contributed by atoms with E-state index in [4.69, 9.17) is 0 Å². The molecule has 1 N–H and O–H groups in total. The SMILES string of the molecule is CNCC(c1nnn(C)n1)C1CCCCC1. The summed E-state index contributed by atoms with van der Waals surface area (Å²) >= 11 is 0. The lowest BCUT2D eigenvalue weighted by molar-refractivity contribution is 0.292. The molecule has 0 amide bonds. The standard InChI is InChI=1S/C11H21N5/c1-12-8-10(9-6-4-3-5-7-9)11-13-15-16(2)14-11/h9-10,12H,3-8H2,1-2H3. The van der Waals surface area contributed by atoms with Crippen LogP contribution >= 0.6 is 0 Å². The molecule has 1 aliphatic carbocycles. The van der Waals surface area contributed by atoms with Crippen LogP contribution < -0.4 is 5.32 Å². The van der Waals surface area contributed by atoms with Gasteiger partial charge in [0.15, 0.2) is 5.82 Å². The van der Waals surface area contributed by atoms with Crippen LogP contribution in [0.15, 0.2) is 0 Å². The smallest absolute Gasteiger partial charge is 0.179 e. The summed E-state index contributed by atoms with van der Waals surface area (Å²) in [6.45, 7) is 0.955. The van der Waals surface area contributed by atoms with Gasteiger partial charge in [-0.05, 0) is 31.0 Å². The minimum atomic E-state index is 0.430. The van der Waals surface area contributed by atoms with Crippen molar-refractivity contribution in [2.45, 2.75) is 38.0 Å². The largest absolute Gasteiger partial charge is 0.319 e. The first-order chi connectivity index (χ1) is 7.81. The van der Waals surface area contributed by atoms with Crippen molar-refractivity contribution in [3.05, 3.63) is 5.82 Å². The molecule has 16 heavy (non-hydrogen) atoms. The number of nitrogens with one attached hydrogen (secondary N) is 1. The zero-order valence-corrected chi connectivity index (χ0v) is 10.2. The maximum Gasteiger partial charge on any atom is 0.179 e. The zero-order valence-electron chi connectivity index (χ0n) is 10.2. The maximum absolute atomic E-state index is 4.36. The summed E-state index contributed by atoms with van der Waals surface area (Å²) in [4.78, 5) is 1.56. The molecule has 1 unspecified atom stereocenters. The Balaban J connectivity index is 2.09. The van der Waals surface area contributed by atoms with Crippen LogP contribution in [-0.2, 0) is 7.05 Å². The second kappa shape index (κ2) is 5.39. The van der Waals surface area contributed by atoms with Gasteiger partial charge in [0, 0.05) is 12.5 Å². The van der Waals surface area contributed by atoms with E-state index in [0.717, 1.165) is 18.3 Å². The Labute approximate surface area is 96.6 Å². The van der Waals surface area contributed by atoms with Gasteiger partial charge < -0.3 is 5.32 Å². The highest BCUT2D eigenvalue weighted by atomic mass is 15.6. The monoisotopic (exact) mass is 223 g/mol. The average Bonchev–Trinajstić information content (AvgIpc) is 2.74. The van der Waals surface area contributed by atoms with Gasteiger partial charge in [-0.1, -0.05) is 19.3 Å². The number of rotatable bonds is 4. The molecule has 1 saturated carbocycles. The van der Waals surface area contributed by atoms with Crippen LogP contribution in [0.25, 0.3) is 0 Å². The number of nitrogens with zero attached hydrogens (tertiary/aromatic N) is 4. The van der Waals surface area contributed by atoms with Crippen LogP contribution in [0.4, 0.5) is 0 Å². The van der Waals surface area contributed by atoms with Crippen molar-refractivity contribution in [2.24, 2.45) is 13.0 Å². The molecule has 0 bridgehead atoms. The van der Waals surface area contributed by atoms with Crippen LogP contribution in [-0.4, -0.2) is 33.8 Å². The third-order valence-electron chi connectivity index (χ3n) is 3.50. The molecule has 1 heterocycles. The first kappa shape index (κ1) is 11.5. The highest BCUT2D eigenvalue weighted by Crippen LogP contribution is 2.34. The summed E-state index contributed by atoms with van der Waals surface area (Å²) in [6.07, 6.45) is 6.71. The molecule has 1 aliphatic rings. The molecule has 0 aliphatic heterocycles. The Bertz CT molecular complexity index is 316. The van der Waals surface area contributed by atoms with Gasteiger partial charge in [-0.3, -0.25) is 0 Å². The highest BCUT2D eigenvalue weighted by molar-refractivity contribution is 4.97. The summed E-state index contributed by atoms with van der Waals surface area (Å²) < 4.78 is 0. The van der Waals surface area contributed by atoms with E-state index in [9.17, 15) is 0 Å². The molecule has 1 aromatic rings. The lowest BCUT2D eigenvalue weighted by Crippen LogP contribution is -2.27. The Hall–Kier alpha value is -0.970. The summed E-state index contributed by atoms with van der Waals surface area (Å²) in [6, 6.07) is 0. The molecule has 1 atom stereocenters. The molecule has 0 radical (unpaired) electrons. The Morgan fingerprint density at radius 2 is 2.12 bits per heavy atom. The molecule has 1 aromatic heterocycles. The van der Waals surface area contributed by atoms with E-state index in [1.54, 1.807) is 4.80 Å². The Morgan fingerprint density at radius 1 is 1.38 bits per heavy atom. The predicted molar refractivity (Wildman–Crippen MR) is 62.0 cm³/mol. The molecule has 0 aromatic carbocycles. The van der Waals surface area contributed by atoms with Crippen molar-refractivity contribution >= 4 is 0 Å². The van der Waals surface area contributed by atoms with Crippen molar-refractivity contribution in [3.8, 4) is 0 Å². The molecule has 5 heteroatoms. The van der Waals surface area contributed by atoms with Crippen LogP contribution in [0.2, 0.25) is 0 Å². The fraction of sp³-hybridized carbons (Fsp3) is 0.909. The number of tetrazole rings is 1. The first-order valence-electron chi connectivity index (χ1n) is 6.19. The van der Waals surface area contributed by atoms with Crippen molar-refractivity contribution in [2.75, 3.05) is 13.6 Å². The average molecular weight is 223 g/mol. The van der Waals surface area contributed by atoms with E-state index in [1.807, 2.05) is 14.1 Å². The van der Waals surface area contributed by atoms with E-state index in [0.29, 0.717) is 5.92 Å². The minimum Gasteiger partial charge on any atom is -0.319 e. The fourth-order valence-electron chi connectivity index (χ4n) is 2.67. The summed E-state index contributed by atoms with van der Waals surface area (Å²) in [7, 11) is 3.82. The van der Waals surface area contributed by atoms with Crippen LogP contribution in [0.1, 0.15) is 43.8 Å². The van der Waals surface area contributed by atoms with E-state index in [-0.39, 0.29) is 0 Å². The predicted octanol–water partition coefficient (Wildman–Crippen LogP) is 1.09. The van der Waals surface area contributed by atoms with E-state index in [1.165, 1.54) is 32.1 Å². The molecular weight excluding hydrogens is 202 g/mol. The second-order valence-electron chi connectivity index (χ2n) is 4.70. The van der Waals surface area contributed by atoms with Crippen molar-refractivity contribution < 1.29 is 0 Å². The van der Waals surface area contributed by atoms with Gasteiger partial charge in [0.1, 0.15) is 0 Å². The fourth-order valence-corrected chi connectivity index (χ4v) is 2.67. The van der Waals surface area contributed by atoms with Crippen molar-refractivity contribution in [1.29, 1.82) is 0 Å². The molecule has 1 fully saturated rings. The number of likely N-dealkylation sites (N-methyl/N-ethyl adjacent to an activating group) is 1. The lowest BCUT2D eigenvalue weighted by Gasteiger charge is -2.28. The number of aromatic nitrogens is 4. The summed E-state index contributed by atoms with van der Waals surface area (Å²) in [5.74, 6) is 2.06. The molecule has 90 valence electrons. The van der Waals surface area contributed by atoms with E-state index >= 15 is 0 Å². The molecule has 0 spiro atoms. The third-order valence-corrected chi connectivity index (χ3v) is 3.50. The van der Waals surface area contributed by atoms with Gasteiger partial charge in [-0.15, -0.1) is 10.2 Å². The molecular formula is C11H21N5. The molecule has 5 nitrogen and oxygen atoms in total. The summed E-state index contributed by atoms with van der Waals surface area (Å²) in [5, 5.41) is 15.7. The molecule has 2 rings (SSSR count). The van der Waals surface area contributed by atoms with Gasteiger partial charge in [-0.25, -0.2) is 0 Å². The first-order valence-corrected chi connectivity index (χ1v) is 6.19. The lowest BCUT2D eigenvalue weighted by atomic mass is 9.79. The van der Waals surface area contributed by atoms with E-state index in [2.05, 4.69) is 20.7 Å².